The maximum absolute atomic E-state index is 9.06. The fraction of sp³-hybridized carbons (Fsp3) is 0.167. The van der Waals surface area contributed by atoms with Crippen molar-refractivity contribution >= 4 is 11.3 Å². The molecule has 0 bridgehead atoms. The van der Waals surface area contributed by atoms with Crippen molar-refractivity contribution in [1.29, 1.82) is 5.26 Å². The zero-order valence-corrected chi connectivity index (χ0v) is 10.1. The van der Waals surface area contributed by atoms with Gasteiger partial charge in [0.2, 0.25) is 0 Å². The van der Waals surface area contributed by atoms with Crippen LogP contribution in [0.1, 0.15) is 10.7 Å². The fourth-order valence-electron chi connectivity index (χ4n) is 1.54. The van der Waals surface area contributed by atoms with E-state index in [2.05, 4.69) is 11.1 Å². The first kappa shape index (κ1) is 11.6. The number of thiazole rings is 1. The molecule has 2 aromatic rings. The number of hydrogen-bond donors (Lipinski definition) is 1. The van der Waals surface area contributed by atoms with Gasteiger partial charge in [0.05, 0.1) is 12.0 Å². The second kappa shape index (κ2) is 4.95. The van der Waals surface area contributed by atoms with Crippen molar-refractivity contribution < 1.29 is 4.74 Å². The summed E-state index contributed by atoms with van der Waals surface area (Å²) in [5, 5.41) is 9.82. The first-order valence-electron chi connectivity index (χ1n) is 5.03. The van der Waals surface area contributed by atoms with Gasteiger partial charge in [-0.25, -0.2) is 4.98 Å². The van der Waals surface area contributed by atoms with Crippen molar-refractivity contribution in [3.63, 3.8) is 0 Å². The summed E-state index contributed by atoms with van der Waals surface area (Å²) < 4.78 is 5.28. The number of nitrogens with two attached hydrogens (primary N) is 1. The van der Waals surface area contributed by atoms with E-state index in [0.717, 1.165) is 21.2 Å². The minimum absolute atomic E-state index is 0.342. The van der Waals surface area contributed by atoms with Crippen LogP contribution in [0.15, 0.2) is 24.3 Å². The standard InChI is InChI=1S/C12H11N3OS/c1-16-10-5-3-2-4-8(10)12-9(6-13)15-11(7-14)17-12/h2-5H,7,14H2,1H3. The molecule has 0 aliphatic heterocycles. The zero-order valence-electron chi connectivity index (χ0n) is 9.30. The highest BCUT2D eigenvalue weighted by molar-refractivity contribution is 7.15. The molecule has 2 rings (SSSR count). The maximum Gasteiger partial charge on any atom is 0.159 e. The summed E-state index contributed by atoms with van der Waals surface area (Å²) in [4.78, 5) is 4.99. The molecule has 1 aromatic carbocycles. The number of para-hydroxylation sites is 1. The van der Waals surface area contributed by atoms with Gasteiger partial charge in [0, 0.05) is 12.1 Å². The van der Waals surface area contributed by atoms with Gasteiger partial charge in [0.1, 0.15) is 16.8 Å². The van der Waals surface area contributed by atoms with Gasteiger partial charge in [-0.3, -0.25) is 0 Å². The minimum Gasteiger partial charge on any atom is -0.496 e. The zero-order chi connectivity index (χ0) is 12.3. The van der Waals surface area contributed by atoms with E-state index < -0.39 is 0 Å². The van der Waals surface area contributed by atoms with Gasteiger partial charge in [-0.1, -0.05) is 12.1 Å². The Balaban J connectivity index is 2.60. The summed E-state index contributed by atoms with van der Waals surface area (Å²) in [6.07, 6.45) is 0. The molecule has 17 heavy (non-hydrogen) atoms. The van der Waals surface area contributed by atoms with Crippen molar-refractivity contribution in [2.75, 3.05) is 7.11 Å². The Hall–Kier alpha value is -1.90. The lowest BCUT2D eigenvalue weighted by Gasteiger charge is -2.05. The van der Waals surface area contributed by atoms with Gasteiger partial charge < -0.3 is 10.5 Å². The lowest BCUT2D eigenvalue weighted by Crippen LogP contribution is -1.94. The van der Waals surface area contributed by atoms with E-state index in [4.69, 9.17) is 15.7 Å². The van der Waals surface area contributed by atoms with Crippen LogP contribution in [0, 0.1) is 11.3 Å². The largest absolute Gasteiger partial charge is 0.496 e. The summed E-state index contributed by atoms with van der Waals surface area (Å²) in [5.74, 6) is 0.733. The summed E-state index contributed by atoms with van der Waals surface area (Å²) >= 11 is 1.43. The van der Waals surface area contributed by atoms with E-state index in [9.17, 15) is 0 Å². The van der Waals surface area contributed by atoms with E-state index in [0.29, 0.717) is 12.2 Å². The average molecular weight is 245 g/mol. The monoisotopic (exact) mass is 245 g/mol. The Morgan fingerprint density at radius 2 is 2.24 bits per heavy atom. The number of rotatable bonds is 3. The first-order chi connectivity index (χ1) is 8.30. The molecular formula is C12H11N3OS. The molecule has 0 radical (unpaired) electrons. The SMILES string of the molecule is COc1ccccc1-c1sc(CN)nc1C#N. The van der Waals surface area contributed by atoms with Crippen molar-refractivity contribution in [2.24, 2.45) is 5.73 Å². The van der Waals surface area contributed by atoms with Gasteiger partial charge in [0.25, 0.3) is 0 Å². The summed E-state index contributed by atoms with van der Waals surface area (Å²) in [5.41, 5.74) is 6.82. The van der Waals surface area contributed by atoms with Crippen molar-refractivity contribution in [1.82, 2.24) is 4.98 Å². The third kappa shape index (κ3) is 2.13. The maximum atomic E-state index is 9.06. The number of nitrogens with zero attached hydrogens (tertiary/aromatic N) is 2. The molecule has 0 fully saturated rings. The second-order valence-electron chi connectivity index (χ2n) is 3.30. The average Bonchev–Trinajstić information content (AvgIpc) is 2.81. The fourth-order valence-corrected chi connectivity index (χ4v) is 2.46. The Kier molecular flexibility index (Phi) is 3.38. The minimum atomic E-state index is 0.342. The molecule has 1 heterocycles. The van der Waals surface area contributed by atoms with Gasteiger partial charge in [0.15, 0.2) is 5.69 Å². The van der Waals surface area contributed by atoms with Crippen LogP contribution in [0.25, 0.3) is 10.4 Å². The van der Waals surface area contributed by atoms with E-state index in [1.165, 1.54) is 11.3 Å². The van der Waals surface area contributed by atoms with E-state index in [-0.39, 0.29) is 0 Å². The quantitative estimate of drug-likeness (QED) is 0.899. The van der Waals surface area contributed by atoms with Crippen LogP contribution < -0.4 is 10.5 Å². The summed E-state index contributed by atoms with van der Waals surface area (Å²) in [6.45, 7) is 0.342. The van der Waals surface area contributed by atoms with Crippen molar-refractivity contribution in [3.8, 4) is 22.3 Å². The molecule has 0 unspecified atom stereocenters. The molecule has 4 nitrogen and oxygen atoms in total. The van der Waals surface area contributed by atoms with Gasteiger partial charge in [-0.2, -0.15) is 5.26 Å². The Labute approximate surface area is 103 Å². The Morgan fingerprint density at radius 1 is 1.47 bits per heavy atom. The highest BCUT2D eigenvalue weighted by Crippen LogP contribution is 2.36. The van der Waals surface area contributed by atoms with Crippen LogP contribution in [-0.4, -0.2) is 12.1 Å². The third-order valence-electron chi connectivity index (χ3n) is 2.30. The van der Waals surface area contributed by atoms with Gasteiger partial charge in [-0.05, 0) is 12.1 Å². The first-order valence-corrected chi connectivity index (χ1v) is 5.85. The molecule has 86 valence electrons. The van der Waals surface area contributed by atoms with Crippen molar-refractivity contribution in [2.45, 2.75) is 6.54 Å². The predicted molar refractivity (Wildman–Crippen MR) is 66.7 cm³/mol. The molecule has 0 aliphatic rings. The van der Waals surface area contributed by atoms with E-state index >= 15 is 0 Å². The highest BCUT2D eigenvalue weighted by Gasteiger charge is 2.15. The molecule has 0 atom stereocenters. The van der Waals surface area contributed by atoms with Crippen LogP contribution in [0.2, 0.25) is 0 Å². The number of hydrogen-bond acceptors (Lipinski definition) is 5. The molecule has 0 spiro atoms. The molecule has 0 amide bonds. The predicted octanol–water partition coefficient (Wildman–Crippen LogP) is 2.15. The van der Waals surface area contributed by atoms with E-state index in [1.54, 1.807) is 7.11 Å². The second-order valence-corrected chi connectivity index (χ2v) is 4.39. The molecule has 5 heteroatoms. The summed E-state index contributed by atoms with van der Waals surface area (Å²) in [7, 11) is 1.61. The van der Waals surface area contributed by atoms with Gasteiger partial charge in [-0.15, -0.1) is 11.3 Å². The molecule has 1 aromatic heterocycles. The molecule has 2 N–H and O–H groups in total. The van der Waals surface area contributed by atoms with Crippen LogP contribution in [0.5, 0.6) is 5.75 Å². The number of nitriles is 1. The number of ether oxygens (including phenoxy) is 1. The highest BCUT2D eigenvalue weighted by atomic mass is 32.1. The third-order valence-corrected chi connectivity index (χ3v) is 3.41. The molecule has 0 saturated heterocycles. The lowest BCUT2D eigenvalue weighted by molar-refractivity contribution is 0.416. The van der Waals surface area contributed by atoms with Crippen LogP contribution in [0.4, 0.5) is 0 Å². The Morgan fingerprint density at radius 3 is 2.88 bits per heavy atom. The molecule has 0 aliphatic carbocycles. The van der Waals surface area contributed by atoms with Crippen LogP contribution >= 0.6 is 11.3 Å². The molecular weight excluding hydrogens is 234 g/mol. The lowest BCUT2D eigenvalue weighted by atomic mass is 10.1. The van der Waals surface area contributed by atoms with Crippen LogP contribution in [-0.2, 0) is 6.54 Å². The van der Waals surface area contributed by atoms with Crippen LogP contribution in [0.3, 0.4) is 0 Å². The topological polar surface area (TPSA) is 71.9 Å². The molecule has 0 saturated carbocycles. The number of benzene rings is 1. The number of methoxy groups -OCH3 is 1. The smallest absolute Gasteiger partial charge is 0.159 e. The Bertz CT molecular complexity index is 571. The van der Waals surface area contributed by atoms with Gasteiger partial charge >= 0.3 is 0 Å². The number of aromatic nitrogens is 1. The summed E-state index contributed by atoms with van der Waals surface area (Å²) in [6, 6.07) is 9.65. The van der Waals surface area contributed by atoms with E-state index in [1.807, 2.05) is 24.3 Å². The normalized spacial score (nSPS) is 9.94. The van der Waals surface area contributed by atoms with Crippen molar-refractivity contribution in [3.05, 3.63) is 35.0 Å².